The van der Waals surface area contributed by atoms with Crippen LogP contribution in [0.5, 0.6) is 0 Å². The zero-order valence-electron chi connectivity index (χ0n) is 6.57. The van der Waals surface area contributed by atoms with Gasteiger partial charge in [0.25, 0.3) is 0 Å². The number of aliphatic hydroxyl groups is 1. The molecule has 0 bridgehead atoms. The second-order valence-corrected chi connectivity index (χ2v) is 2.97. The van der Waals surface area contributed by atoms with E-state index < -0.39 is 0 Å². The van der Waals surface area contributed by atoms with Gasteiger partial charge in [-0.2, -0.15) is 0 Å². The molecule has 0 saturated carbocycles. The van der Waals surface area contributed by atoms with Crippen LogP contribution in [0, 0.1) is 6.92 Å². The number of aliphatic hydroxyl groups excluding tert-OH is 1. The molecule has 1 heterocycles. The lowest BCUT2D eigenvalue weighted by atomic mass is 10.1. The van der Waals surface area contributed by atoms with Crippen molar-refractivity contribution in [3.8, 4) is 0 Å². The van der Waals surface area contributed by atoms with Gasteiger partial charge in [0, 0.05) is 13.1 Å². The molecule has 3 nitrogen and oxygen atoms in total. The fourth-order valence-corrected chi connectivity index (χ4v) is 1.30. The molecule has 0 aromatic carbocycles. The first-order chi connectivity index (χ1) is 5.24. The molecule has 0 amide bonds. The Morgan fingerprint density at radius 3 is 2.55 bits per heavy atom. The van der Waals surface area contributed by atoms with Gasteiger partial charge >= 0.3 is 0 Å². The first-order valence-electron chi connectivity index (χ1n) is 3.94. The predicted molar refractivity (Wildman–Crippen MR) is 42.0 cm³/mol. The van der Waals surface area contributed by atoms with E-state index in [0.717, 1.165) is 32.2 Å². The Bertz CT molecular complexity index is 130. The smallest absolute Gasteiger partial charge is 0.137 e. The van der Waals surface area contributed by atoms with Crippen molar-refractivity contribution in [3.05, 3.63) is 6.92 Å². The van der Waals surface area contributed by atoms with Crippen molar-refractivity contribution < 1.29 is 9.90 Å². The Kier molecular flexibility index (Phi) is 3.02. The molecule has 11 heavy (non-hydrogen) atoms. The van der Waals surface area contributed by atoms with Gasteiger partial charge in [-0.3, -0.25) is 4.90 Å². The zero-order chi connectivity index (χ0) is 8.27. The first kappa shape index (κ1) is 8.68. The number of carbonyl (C=O) groups is 1. The van der Waals surface area contributed by atoms with Crippen LogP contribution in [-0.4, -0.2) is 41.5 Å². The summed E-state index contributed by atoms with van der Waals surface area (Å²) in [5, 5.41) is 9.15. The van der Waals surface area contributed by atoms with Crippen molar-refractivity contribution in [1.29, 1.82) is 0 Å². The van der Waals surface area contributed by atoms with E-state index in [2.05, 4.69) is 6.92 Å². The fourth-order valence-electron chi connectivity index (χ4n) is 1.30. The highest BCUT2D eigenvalue weighted by Crippen LogP contribution is 2.11. The van der Waals surface area contributed by atoms with Crippen LogP contribution in [0.1, 0.15) is 12.8 Å². The van der Waals surface area contributed by atoms with Crippen molar-refractivity contribution in [1.82, 2.24) is 4.90 Å². The molecule has 1 rings (SSSR count). The highest BCUT2D eigenvalue weighted by molar-refractivity contribution is 5.58. The number of carbonyl (C=O) groups excluding carboxylic acids is 1. The third kappa shape index (κ3) is 2.27. The first-order valence-corrected chi connectivity index (χ1v) is 3.94. The highest BCUT2D eigenvalue weighted by Gasteiger charge is 2.20. The van der Waals surface area contributed by atoms with Gasteiger partial charge in [0.2, 0.25) is 0 Å². The summed E-state index contributed by atoms with van der Waals surface area (Å²) in [6.45, 7) is 5.25. The molecule has 0 spiro atoms. The number of piperidine rings is 1. The van der Waals surface area contributed by atoms with Crippen molar-refractivity contribution in [3.63, 3.8) is 0 Å². The summed E-state index contributed by atoms with van der Waals surface area (Å²) in [6.07, 6.45) is 2.20. The molecular weight excluding hydrogens is 142 g/mol. The third-order valence-corrected chi connectivity index (χ3v) is 2.13. The van der Waals surface area contributed by atoms with Crippen LogP contribution in [-0.2, 0) is 4.79 Å². The molecular formula is C8H14NO2. The number of hydrogen-bond acceptors (Lipinski definition) is 3. The van der Waals surface area contributed by atoms with E-state index >= 15 is 0 Å². The van der Waals surface area contributed by atoms with Crippen LogP contribution in [0.15, 0.2) is 0 Å². The molecule has 1 fully saturated rings. The largest absolute Gasteiger partial charge is 0.393 e. The van der Waals surface area contributed by atoms with E-state index in [4.69, 9.17) is 5.11 Å². The maximum atomic E-state index is 10.3. The van der Waals surface area contributed by atoms with E-state index in [9.17, 15) is 4.79 Å². The normalized spacial score (nSPS) is 24.9. The molecule has 1 saturated heterocycles. The van der Waals surface area contributed by atoms with Gasteiger partial charge in [0.1, 0.15) is 6.29 Å². The van der Waals surface area contributed by atoms with Gasteiger partial charge in [-0.1, -0.05) is 0 Å². The molecule has 3 heteroatoms. The fraction of sp³-hybridized carbons (Fsp3) is 0.750. The summed E-state index contributed by atoms with van der Waals surface area (Å²) < 4.78 is 0. The SMILES string of the molecule is [CH2]C(C=O)N1CCC(O)CC1. The Balaban J connectivity index is 2.32. The van der Waals surface area contributed by atoms with Crippen molar-refractivity contribution in [2.75, 3.05) is 13.1 Å². The lowest BCUT2D eigenvalue weighted by Gasteiger charge is -2.31. The van der Waals surface area contributed by atoms with Gasteiger partial charge in [-0.25, -0.2) is 0 Å². The van der Waals surface area contributed by atoms with E-state index in [-0.39, 0.29) is 12.1 Å². The number of aldehydes is 1. The van der Waals surface area contributed by atoms with Gasteiger partial charge in [0.05, 0.1) is 12.1 Å². The van der Waals surface area contributed by atoms with Crippen LogP contribution in [0.3, 0.4) is 0 Å². The van der Waals surface area contributed by atoms with Crippen LogP contribution < -0.4 is 0 Å². The van der Waals surface area contributed by atoms with E-state index in [1.165, 1.54) is 0 Å². The summed E-state index contributed by atoms with van der Waals surface area (Å²) in [5.74, 6) is 0. The molecule has 1 aliphatic heterocycles. The average molecular weight is 156 g/mol. The molecule has 1 unspecified atom stereocenters. The molecule has 1 atom stereocenters. The highest BCUT2D eigenvalue weighted by atomic mass is 16.3. The van der Waals surface area contributed by atoms with Gasteiger partial charge in [-0.15, -0.1) is 0 Å². The molecule has 1 radical (unpaired) electrons. The average Bonchev–Trinajstić information content (AvgIpc) is 2.05. The maximum absolute atomic E-state index is 10.3. The van der Waals surface area contributed by atoms with Gasteiger partial charge in [-0.05, 0) is 19.8 Å². The third-order valence-electron chi connectivity index (χ3n) is 2.13. The summed E-state index contributed by atoms with van der Waals surface area (Å²) in [4.78, 5) is 12.3. The Morgan fingerprint density at radius 2 is 2.09 bits per heavy atom. The predicted octanol–water partition coefficient (Wildman–Crippen LogP) is -0.155. The number of rotatable bonds is 2. The van der Waals surface area contributed by atoms with Crippen LogP contribution in [0.4, 0.5) is 0 Å². The molecule has 0 aliphatic carbocycles. The van der Waals surface area contributed by atoms with Crippen molar-refractivity contribution >= 4 is 6.29 Å². The molecule has 63 valence electrons. The Hall–Kier alpha value is -0.410. The summed E-state index contributed by atoms with van der Waals surface area (Å²) in [7, 11) is 0. The summed E-state index contributed by atoms with van der Waals surface area (Å²) in [6, 6.07) is -0.234. The summed E-state index contributed by atoms with van der Waals surface area (Å²) >= 11 is 0. The maximum Gasteiger partial charge on any atom is 0.137 e. The van der Waals surface area contributed by atoms with E-state index in [1.807, 2.05) is 4.90 Å². The number of likely N-dealkylation sites (tertiary alicyclic amines) is 1. The summed E-state index contributed by atoms with van der Waals surface area (Å²) in [5.41, 5.74) is 0. The topological polar surface area (TPSA) is 40.5 Å². The van der Waals surface area contributed by atoms with E-state index in [0.29, 0.717) is 0 Å². The zero-order valence-corrected chi connectivity index (χ0v) is 6.57. The molecule has 0 aromatic heterocycles. The standard InChI is InChI=1S/C8H14NO2/c1-7(6-10)9-4-2-8(11)3-5-9/h6-8,11H,1-5H2. The Morgan fingerprint density at radius 1 is 1.55 bits per heavy atom. The van der Waals surface area contributed by atoms with Gasteiger partial charge in [0.15, 0.2) is 0 Å². The van der Waals surface area contributed by atoms with Crippen molar-refractivity contribution in [2.45, 2.75) is 25.0 Å². The minimum absolute atomic E-state index is 0.176. The van der Waals surface area contributed by atoms with Crippen LogP contribution in [0.2, 0.25) is 0 Å². The second-order valence-electron chi connectivity index (χ2n) is 2.97. The van der Waals surface area contributed by atoms with Crippen molar-refractivity contribution in [2.24, 2.45) is 0 Å². The van der Waals surface area contributed by atoms with Crippen LogP contribution in [0.25, 0.3) is 0 Å². The quantitative estimate of drug-likeness (QED) is 0.565. The minimum Gasteiger partial charge on any atom is -0.393 e. The second kappa shape index (κ2) is 3.83. The lowest BCUT2D eigenvalue weighted by molar-refractivity contribution is -0.111. The molecule has 1 aliphatic rings. The van der Waals surface area contributed by atoms with Crippen LogP contribution >= 0.6 is 0 Å². The minimum atomic E-state index is -0.234. The van der Waals surface area contributed by atoms with Gasteiger partial charge < -0.3 is 9.90 Å². The molecule has 1 N–H and O–H groups in total. The lowest BCUT2D eigenvalue weighted by Crippen LogP contribution is -2.42. The molecule has 0 aromatic rings. The Labute approximate surface area is 67.0 Å². The monoisotopic (exact) mass is 156 g/mol. The van der Waals surface area contributed by atoms with E-state index in [1.54, 1.807) is 0 Å². The number of hydrogen-bond donors (Lipinski definition) is 1. The number of nitrogens with zero attached hydrogens (tertiary/aromatic N) is 1.